The largest absolute Gasteiger partial charge is 0.379 e. The minimum atomic E-state index is -0.809. The summed E-state index contributed by atoms with van der Waals surface area (Å²) in [5.41, 5.74) is 4.76. The van der Waals surface area contributed by atoms with Crippen molar-refractivity contribution < 1.29 is 9.47 Å². The monoisotopic (exact) mass is 228 g/mol. The molecule has 0 fully saturated rings. The van der Waals surface area contributed by atoms with Crippen LogP contribution in [0, 0.1) is 11.3 Å². The molecular weight excluding hydrogens is 204 g/mol. The molecule has 0 radical (unpaired) electrons. The van der Waals surface area contributed by atoms with Crippen LogP contribution < -0.4 is 5.73 Å². The lowest BCUT2D eigenvalue weighted by molar-refractivity contribution is -0.0265. The van der Waals surface area contributed by atoms with Crippen molar-refractivity contribution in [1.29, 1.82) is 5.26 Å². The van der Waals surface area contributed by atoms with Gasteiger partial charge < -0.3 is 15.2 Å². The summed E-state index contributed by atoms with van der Waals surface area (Å²) in [6.07, 6.45) is 1.35. The molecule has 0 aromatic carbocycles. The van der Waals surface area contributed by atoms with Crippen molar-refractivity contribution in [2.45, 2.75) is 57.8 Å². The van der Waals surface area contributed by atoms with E-state index in [1.54, 1.807) is 14.0 Å². The lowest BCUT2D eigenvalue weighted by Gasteiger charge is -2.25. The Kier molecular flexibility index (Phi) is 5.95. The van der Waals surface area contributed by atoms with E-state index in [1.165, 1.54) is 0 Å². The molecule has 0 spiro atoms. The molecule has 16 heavy (non-hydrogen) atoms. The molecular formula is C12H24N2O2. The number of ether oxygens (including phenoxy) is 2. The summed E-state index contributed by atoms with van der Waals surface area (Å²) in [7, 11) is 1.69. The van der Waals surface area contributed by atoms with Crippen LogP contribution in [0.4, 0.5) is 0 Å². The Morgan fingerprint density at radius 3 is 2.38 bits per heavy atom. The van der Waals surface area contributed by atoms with Gasteiger partial charge in [0.2, 0.25) is 0 Å². The molecule has 0 aliphatic heterocycles. The van der Waals surface area contributed by atoms with Gasteiger partial charge in [0.1, 0.15) is 5.54 Å². The highest BCUT2D eigenvalue weighted by atomic mass is 16.5. The number of nitriles is 1. The van der Waals surface area contributed by atoms with E-state index >= 15 is 0 Å². The van der Waals surface area contributed by atoms with Gasteiger partial charge in [-0.25, -0.2) is 0 Å². The molecule has 0 bridgehead atoms. The normalized spacial score (nSPS) is 17.6. The average molecular weight is 228 g/mol. The first-order valence-electron chi connectivity index (χ1n) is 5.59. The summed E-state index contributed by atoms with van der Waals surface area (Å²) < 4.78 is 10.9. The third-order valence-corrected chi connectivity index (χ3v) is 2.63. The maximum Gasteiger partial charge on any atom is 0.103 e. The fourth-order valence-corrected chi connectivity index (χ4v) is 1.31. The SMILES string of the molecule is COC(C)(C)CCOC(C)CC(C)(N)C#N. The zero-order chi connectivity index (χ0) is 12.8. The highest BCUT2D eigenvalue weighted by molar-refractivity contribution is 5.01. The topological polar surface area (TPSA) is 68.3 Å². The zero-order valence-electron chi connectivity index (χ0n) is 11.0. The molecule has 0 amide bonds. The lowest BCUT2D eigenvalue weighted by Crippen LogP contribution is -2.38. The number of nitrogens with zero attached hydrogens (tertiary/aromatic N) is 1. The second-order valence-corrected chi connectivity index (χ2v) is 5.13. The van der Waals surface area contributed by atoms with Crippen LogP contribution in [0.3, 0.4) is 0 Å². The van der Waals surface area contributed by atoms with Crippen LogP contribution in [0.1, 0.15) is 40.5 Å². The molecule has 0 aliphatic rings. The van der Waals surface area contributed by atoms with Crippen LogP contribution >= 0.6 is 0 Å². The maximum atomic E-state index is 8.79. The zero-order valence-corrected chi connectivity index (χ0v) is 11.0. The van der Waals surface area contributed by atoms with Crippen LogP contribution in [0.15, 0.2) is 0 Å². The van der Waals surface area contributed by atoms with Gasteiger partial charge in [0, 0.05) is 20.1 Å². The number of rotatable bonds is 7. The van der Waals surface area contributed by atoms with E-state index in [0.717, 1.165) is 6.42 Å². The van der Waals surface area contributed by atoms with Gasteiger partial charge in [0.25, 0.3) is 0 Å². The first-order chi connectivity index (χ1) is 7.22. The van der Waals surface area contributed by atoms with Crippen LogP contribution in [0.5, 0.6) is 0 Å². The second-order valence-electron chi connectivity index (χ2n) is 5.13. The van der Waals surface area contributed by atoms with Gasteiger partial charge in [-0.2, -0.15) is 5.26 Å². The quantitative estimate of drug-likeness (QED) is 0.722. The van der Waals surface area contributed by atoms with Gasteiger partial charge in [-0.05, 0) is 34.1 Å². The molecule has 0 aromatic heterocycles. The predicted molar refractivity (Wildman–Crippen MR) is 63.9 cm³/mol. The molecule has 0 saturated carbocycles. The highest BCUT2D eigenvalue weighted by Gasteiger charge is 2.22. The minimum Gasteiger partial charge on any atom is -0.379 e. The molecule has 2 unspecified atom stereocenters. The first kappa shape index (κ1) is 15.4. The number of hydrogen-bond donors (Lipinski definition) is 1. The standard InChI is InChI=1S/C12H24N2O2/c1-10(8-12(4,14)9-13)16-7-6-11(2,3)15-5/h10H,6-8,14H2,1-5H3. The Balaban J connectivity index is 3.84. The summed E-state index contributed by atoms with van der Waals surface area (Å²) in [5.74, 6) is 0. The summed E-state index contributed by atoms with van der Waals surface area (Å²) in [6.45, 7) is 8.30. The summed E-state index contributed by atoms with van der Waals surface area (Å²) in [6, 6.07) is 2.06. The van der Waals surface area contributed by atoms with Crippen LogP contribution in [0.25, 0.3) is 0 Å². The van der Waals surface area contributed by atoms with E-state index in [-0.39, 0.29) is 11.7 Å². The van der Waals surface area contributed by atoms with E-state index < -0.39 is 5.54 Å². The Bertz CT molecular complexity index is 244. The molecule has 0 rings (SSSR count). The van der Waals surface area contributed by atoms with Crippen LogP contribution in [-0.4, -0.2) is 31.0 Å². The van der Waals surface area contributed by atoms with Gasteiger partial charge in [0.05, 0.1) is 17.8 Å². The molecule has 2 atom stereocenters. The minimum absolute atomic E-state index is 0.0118. The fraction of sp³-hybridized carbons (Fsp3) is 0.917. The molecule has 0 saturated heterocycles. The maximum absolute atomic E-state index is 8.79. The molecule has 0 aromatic rings. The highest BCUT2D eigenvalue weighted by Crippen LogP contribution is 2.15. The van der Waals surface area contributed by atoms with Gasteiger partial charge in [-0.15, -0.1) is 0 Å². The van der Waals surface area contributed by atoms with Crippen molar-refractivity contribution in [2.75, 3.05) is 13.7 Å². The number of nitrogens with two attached hydrogens (primary N) is 1. The Labute approximate surface area is 98.7 Å². The van der Waals surface area contributed by atoms with E-state index in [2.05, 4.69) is 6.07 Å². The fourth-order valence-electron chi connectivity index (χ4n) is 1.31. The summed E-state index contributed by atoms with van der Waals surface area (Å²) in [5, 5.41) is 8.79. The molecule has 4 nitrogen and oxygen atoms in total. The van der Waals surface area contributed by atoms with E-state index in [1.807, 2.05) is 20.8 Å². The smallest absolute Gasteiger partial charge is 0.103 e. The lowest BCUT2D eigenvalue weighted by atomic mass is 9.98. The predicted octanol–water partition coefficient (Wildman–Crippen LogP) is 1.84. The van der Waals surface area contributed by atoms with E-state index in [9.17, 15) is 0 Å². The van der Waals surface area contributed by atoms with Crippen molar-refractivity contribution in [3.8, 4) is 6.07 Å². The Morgan fingerprint density at radius 1 is 1.38 bits per heavy atom. The third-order valence-electron chi connectivity index (χ3n) is 2.63. The van der Waals surface area contributed by atoms with E-state index in [4.69, 9.17) is 20.5 Å². The Hall–Kier alpha value is -0.630. The van der Waals surface area contributed by atoms with Crippen molar-refractivity contribution in [2.24, 2.45) is 5.73 Å². The van der Waals surface area contributed by atoms with Crippen molar-refractivity contribution in [3.05, 3.63) is 0 Å². The second kappa shape index (κ2) is 6.19. The molecule has 0 aliphatic carbocycles. The number of methoxy groups -OCH3 is 1. The summed E-state index contributed by atoms with van der Waals surface area (Å²) >= 11 is 0. The van der Waals surface area contributed by atoms with Crippen molar-refractivity contribution in [3.63, 3.8) is 0 Å². The molecule has 94 valence electrons. The number of hydrogen-bond acceptors (Lipinski definition) is 4. The molecule has 0 heterocycles. The molecule has 4 heteroatoms. The van der Waals surface area contributed by atoms with E-state index in [0.29, 0.717) is 13.0 Å². The Morgan fingerprint density at radius 2 is 1.94 bits per heavy atom. The average Bonchev–Trinajstić information content (AvgIpc) is 2.17. The van der Waals surface area contributed by atoms with Gasteiger partial charge in [0.15, 0.2) is 0 Å². The molecule has 2 N–H and O–H groups in total. The van der Waals surface area contributed by atoms with Gasteiger partial charge >= 0.3 is 0 Å². The first-order valence-corrected chi connectivity index (χ1v) is 5.59. The van der Waals surface area contributed by atoms with Gasteiger partial charge in [-0.3, -0.25) is 0 Å². The van der Waals surface area contributed by atoms with Gasteiger partial charge in [-0.1, -0.05) is 0 Å². The van der Waals surface area contributed by atoms with Crippen LogP contribution in [0.2, 0.25) is 0 Å². The van der Waals surface area contributed by atoms with Crippen molar-refractivity contribution in [1.82, 2.24) is 0 Å². The van der Waals surface area contributed by atoms with Crippen LogP contribution in [-0.2, 0) is 9.47 Å². The summed E-state index contributed by atoms with van der Waals surface area (Å²) in [4.78, 5) is 0. The third kappa shape index (κ3) is 6.78. The van der Waals surface area contributed by atoms with Crippen molar-refractivity contribution >= 4 is 0 Å².